The van der Waals surface area contributed by atoms with Crippen LogP contribution in [0.1, 0.15) is 22.9 Å². The Bertz CT molecular complexity index is 2830. The Morgan fingerprint density at radius 3 is 1.98 bits per heavy atom. The monoisotopic (exact) mass is 653 g/mol. The van der Waals surface area contributed by atoms with Crippen LogP contribution >= 0.6 is 0 Å². The van der Waals surface area contributed by atoms with Crippen LogP contribution in [0.25, 0.3) is 65.7 Å². The third-order valence-corrected chi connectivity index (χ3v) is 9.94. The van der Waals surface area contributed by atoms with Crippen LogP contribution < -0.4 is 5.32 Å². The molecule has 1 aliphatic rings. The zero-order valence-electron chi connectivity index (χ0n) is 27.6. The van der Waals surface area contributed by atoms with Gasteiger partial charge in [0.1, 0.15) is 23.2 Å². The summed E-state index contributed by atoms with van der Waals surface area (Å²) in [4.78, 5) is 10.2. The summed E-state index contributed by atoms with van der Waals surface area (Å²) in [6.45, 7) is 0. The smallest absolute Gasteiger partial charge is 0.159 e. The molecule has 0 saturated carbocycles. The summed E-state index contributed by atoms with van der Waals surface area (Å²) < 4.78 is 6.56. The fourth-order valence-corrected chi connectivity index (χ4v) is 7.45. The van der Waals surface area contributed by atoms with Gasteiger partial charge in [-0.25, -0.2) is 9.98 Å². The average molecular weight is 654 g/mol. The Hall–Kier alpha value is -6.78. The van der Waals surface area contributed by atoms with Crippen molar-refractivity contribution in [3.63, 3.8) is 0 Å². The van der Waals surface area contributed by atoms with Crippen LogP contribution in [0, 0.1) is 0 Å². The van der Waals surface area contributed by atoms with Gasteiger partial charge in [-0.3, -0.25) is 0 Å². The molecule has 4 nitrogen and oxygen atoms in total. The molecule has 10 rings (SSSR count). The minimum atomic E-state index is -0.266. The number of nitrogens with zero attached hydrogens (tertiary/aromatic N) is 2. The molecule has 0 bridgehead atoms. The lowest BCUT2D eigenvalue weighted by Gasteiger charge is -2.24. The molecule has 1 aliphatic heterocycles. The summed E-state index contributed by atoms with van der Waals surface area (Å²) in [5.41, 5.74) is 9.45. The van der Waals surface area contributed by atoms with E-state index < -0.39 is 0 Å². The van der Waals surface area contributed by atoms with Gasteiger partial charge in [0.15, 0.2) is 5.84 Å². The van der Waals surface area contributed by atoms with Crippen LogP contribution in [0.15, 0.2) is 190 Å². The quantitative estimate of drug-likeness (QED) is 0.201. The van der Waals surface area contributed by atoms with E-state index in [1.165, 1.54) is 16.3 Å². The van der Waals surface area contributed by atoms with Crippen molar-refractivity contribution >= 4 is 55.2 Å². The van der Waals surface area contributed by atoms with Gasteiger partial charge in [-0.2, -0.15) is 0 Å². The first-order valence-electron chi connectivity index (χ1n) is 17.3. The lowest BCUT2D eigenvalue weighted by atomic mass is 9.91. The zero-order valence-corrected chi connectivity index (χ0v) is 27.6. The number of hydrogen-bond donors (Lipinski definition) is 1. The zero-order chi connectivity index (χ0) is 33.7. The van der Waals surface area contributed by atoms with Crippen LogP contribution in [0.4, 0.5) is 0 Å². The fourth-order valence-electron chi connectivity index (χ4n) is 7.45. The highest BCUT2D eigenvalue weighted by Crippen LogP contribution is 2.41. The van der Waals surface area contributed by atoms with Crippen LogP contribution in [0.5, 0.6) is 0 Å². The number of aliphatic imine (C=N–C) groups is 2. The molecule has 1 aromatic heterocycles. The van der Waals surface area contributed by atoms with Crippen molar-refractivity contribution in [2.45, 2.75) is 6.17 Å². The van der Waals surface area contributed by atoms with Gasteiger partial charge in [0, 0.05) is 21.9 Å². The van der Waals surface area contributed by atoms with Crippen LogP contribution in [-0.4, -0.2) is 11.7 Å². The summed E-state index contributed by atoms with van der Waals surface area (Å²) in [6.07, 6.45) is -0.266. The molecular formula is C47H31N3O. The van der Waals surface area contributed by atoms with E-state index in [0.717, 1.165) is 71.9 Å². The highest BCUT2D eigenvalue weighted by atomic mass is 16.3. The number of amidine groups is 2. The first kappa shape index (κ1) is 29.2. The van der Waals surface area contributed by atoms with E-state index in [2.05, 4.69) is 157 Å². The van der Waals surface area contributed by atoms with Gasteiger partial charge in [-0.15, -0.1) is 0 Å². The first-order valence-corrected chi connectivity index (χ1v) is 17.3. The minimum absolute atomic E-state index is 0.266. The van der Waals surface area contributed by atoms with Crippen molar-refractivity contribution in [3.05, 3.63) is 193 Å². The molecule has 0 aliphatic carbocycles. The summed E-state index contributed by atoms with van der Waals surface area (Å²) in [7, 11) is 0. The molecule has 0 radical (unpaired) electrons. The van der Waals surface area contributed by atoms with E-state index >= 15 is 0 Å². The normalized spacial score (nSPS) is 14.5. The molecule has 0 saturated heterocycles. The van der Waals surface area contributed by atoms with E-state index in [9.17, 15) is 0 Å². The standard InChI is InChI=1S/C47H31N3O/c1-3-13-31(14-4-1)45-48-46(32-15-5-2-6-16-32)50-47(49-45)40-27-26-38(36-18-9-10-19-37(36)40)39-20-11-21-42-44(39)41-25-24-35(29-43(41)51-42)34-23-22-30-12-7-8-17-33(30)28-34/h1-29,45H,(H,48,49,50). The molecule has 0 fully saturated rings. The Morgan fingerprint density at radius 1 is 0.451 bits per heavy atom. The number of fused-ring (bicyclic) bond motifs is 5. The molecule has 51 heavy (non-hydrogen) atoms. The van der Waals surface area contributed by atoms with Crippen molar-refractivity contribution in [1.29, 1.82) is 0 Å². The van der Waals surface area contributed by atoms with Crippen LogP contribution in [0.3, 0.4) is 0 Å². The maximum atomic E-state index is 6.56. The summed E-state index contributed by atoms with van der Waals surface area (Å²) in [6, 6.07) is 61.6. The number of nitrogens with one attached hydrogen (secondary N) is 1. The van der Waals surface area contributed by atoms with Crippen molar-refractivity contribution in [2.24, 2.45) is 9.98 Å². The summed E-state index contributed by atoms with van der Waals surface area (Å²) in [5.74, 6) is 1.51. The molecule has 1 atom stereocenters. The first-order chi connectivity index (χ1) is 25.3. The molecule has 0 spiro atoms. The maximum absolute atomic E-state index is 6.56. The Morgan fingerprint density at radius 2 is 1.14 bits per heavy atom. The lowest BCUT2D eigenvalue weighted by Crippen LogP contribution is -2.33. The molecular weight excluding hydrogens is 623 g/mol. The van der Waals surface area contributed by atoms with Gasteiger partial charge in [0.2, 0.25) is 0 Å². The highest BCUT2D eigenvalue weighted by Gasteiger charge is 2.23. The number of furan rings is 1. The largest absolute Gasteiger partial charge is 0.456 e. The van der Waals surface area contributed by atoms with Crippen LogP contribution in [0.2, 0.25) is 0 Å². The lowest BCUT2D eigenvalue weighted by molar-refractivity contribution is 0.669. The van der Waals surface area contributed by atoms with Gasteiger partial charge >= 0.3 is 0 Å². The van der Waals surface area contributed by atoms with E-state index in [1.807, 2.05) is 24.3 Å². The second kappa shape index (κ2) is 12.0. The second-order valence-corrected chi connectivity index (χ2v) is 13.0. The summed E-state index contributed by atoms with van der Waals surface area (Å²) in [5, 5.41) is 10.6. The van der Waals surface area contributed by atoms with Gasteiger partial charge in [0.25, 0.3) is 0 Å². The summed E-state index contributed by atoms with van der Waals surface area (Å²) >= 11 is 0. The number of benzene rings is 8. The third-order valence-electron chi connectivity index (χ3n) is 9.94. The Kier molecular flexibility index (Phi) is 6.85. The predicted octanol–water partition coefficient (Wildman–Crippen LogP) is 11.7. The third kappa shape index (κ3) is 5.08. The molecule has 240 valence electrons. The van der Waals surface area contributed by atoms with E-state index in [4.69, 9.17) is 14.4 Å². The number of rotatable bonds is 5. The SMILES string of the molecule is c1ccc(C2=NC(c3ccccc3)NC(c3ccc(-c4cccc5oc6cc(-c7ccc8ccccc8c7)ccc6c45)c4ccccc34)=N2)cc1. The van der Waals surface area contributed by atoms with Crippen molar-refractivity contribution in [3.8, 4) is 22.3 Å². The van der Waals surface area contributed by atoms with E-state index in [1.54, 1.807) is 0 Å². The van der Waals surface area contributed by atoms with Gasteiger partial charge < -0.3 is 9.73 Å². The molecule has 9 aromatic rings. The van der Waals surface area contributed by atoms with Gasteiger partial charge in [0.05, 0.1) is 0 Å². The molecule has 4 heteroatoms. The fraction of sp³-hybridized carbons (Fsp3) is 0.0213. The second-order valence-electron chi connectivity index (χ2n) is 13.0. The van der Waals surface area contributed by atoms with Crippen molar-refractivity contribution in [1.82, 2.24) is 5.32 Å². The van der Waals surface area contributed by atoms with Crippen molar-refractivity contribution in [2.75, 3.05) is 0 Å². The van der Waals surface area contributed by atoms with Crippen molar-refractivity contribution < 1.29 is 4.42 Å². The molecule has 1 N–H and O–H groups in total. The molecule has 0 amide bonds. The van der Waals surface area contributed by atoms with Gasteiger partial charge in [-0.05, 0) is 73.6 Å². The topological polar surface area (TPSA) is 49.9 Å². The maximum Gasteiger partial charge on any atom is 0.159 e. The Balaban J connectivity index is 1.10. The molecule has 2 heterocycles. The van der Waals surface area contributed by atoms with E-state index in [-0.39, 0.29) is 6.17 Å². The highest BCUT2D eigenvalue weighted by molar-refractivity contribution is 6.21. The number of hydrogen-bond acceptors (Lipinski definition) is 4. The Labute approximate surface area is 295 Å². The van der Waals surface area contributed by atoms with Crippen LogP contribution in [-0.2, 0) is 0 Å². The van der Waals surface area contributed by atoms with E-state index in [0.29, 0.717) is 5.84 Å². The van der Waals surface area contributed by atoms with Gasteiger partial charge in [-0.1, -0.05) is 152 Å². The predicted molar refractivity (Wildman–Crippen MR) is 211 cm³/mol. The molecule has 8 aromatic carbocycles. The molecule has 1 unspecified atom stereocenters. The minimum Gasteiger partial charge on any atom is -0.456 e. The average Bonchev–Trinajstić information content (AvgIpc) is 3.59.